The Morgan fingerprint density at radius 3 is 2.70 bits per heavy atom. The van der Waals surface area contributed by atoms with Gasteiger partial charge in [0.25, 0.3) is 0 Å². The standard InChI is InChI=1S/C14H20BrN3OS/c1-5-16-13(11-6-7-12(15)20-11)14-10(19-4)8-17-18(14)9(2)3/h6-9,13,16H,5H2,1-4H3. The smallest absolute Gasteiger partial charge is 0.161 e. The fraction of sp³-hybridized carbons (Fsp3) is 0.500. The van der Waals surface area contributed by atoms with Gasteiger partial charge in [0.2, 0.25) is 0 Å². The molecule has 0 amide bonds. The molecule has 20 heavy (non-hydrogen) atoms. The molecule has 110 valence electrons. The molecule has 2 heterocycles. The maximum absolute atomic E-state index is 5.50. The van der Waals surface area contributed by atoms with Crippen molar-refractivity contribution in [3.05, 3.63) is 32.7 Å². The average molecular weight is 358 g/mol. The van der Waals surface area contributed by atoms with Gasteiger partial charge in [0, 0.05) is 10.9 Å². The maximum atomic E-state index is 5.50. The number of methoxy groups -OCH3 is 1. The maximum Gasteiger partial charge on any atom is 0.161 e. The van der Waals surface area contributed by atoms with E-state index in [1.54, 1.807) is 24.6 Å². The quantitative estimate of drug-likeness (QED) is 0.849. The van der Waals surface area contributed by atoms with Crippen molar-refractivity contribution in [3.63, 3.8) is 0 Å². The number of nitrogens with zero attached hydrogens (tertiary/aromatic N) is 2. The molecular weight excluding hydrogens is 338 g/mol. The molecule has 0 fully saturated rings. The first-order valence-electron chi connectivity index (χ1n) is 6.68. The topological polar surface area (TPSA) is 39.1 Å². The van der Waals surface area contributed by atoms with Crippen molar-refractivity contribution < 1.29 is 4.74 Å². The number of nitrogens with one attached hydrogen (secondary N) is 1. The van der Waals surface area contributed by atoms with E-state index >= 15 is 0 Å². The van der Waals surface area contributed by atoms with Crippen LogP contribution in [-0.4, -0.2) is 23.4 Å². The number of rotatable bonds is 6. The van der Waals surface area contributed by atoms with Crippen molar-refractivity contribution in [3.8, 4) is 5.75 Å². The fourth-order valence-corrected chi connectivity index (χ4v) is 3.72. The van der Waals surface area contributed by atoms with Gasteiger partial charge in [0.1, 0.15) is 5.69 Å². The van der Waals surface area contributed by atoms with E-state index in [0.29, 0.717) is 6.04 Å². The minimum Gasteiger partial charge on any atom is -0.493 e. The lowest BCUT2D eigenvalue weighted by atomic mass is 10.1. The van der Waals surface area contributed by atoms with Crippen LogP contribution in [0.25, 0.3) is 0 Å². The third kappa shape index (κ3) is 3.07. The van der Waals surface area contributed by atoms with Gasteiger partial charge in [0.15, 0.2) is 5.75 Å². The monoisotopic (exact) mass is 357 g/mol. The van der Waals surface area contributed by atoms with E-state index in [0.717, 1.165) is 21.8 Å². The third-order valence-corrected chi connectivity index (χ3v) is 4.76. The van der Waals surface area contributed by atoms with Crippen LogP contribution in [0.4, 0.5) is 0 Å². The van der Waals surface area contributed by atoms with Gasteiger partial charge >= 0.3 is 0 Å². The van der Waals surface area contributed by atoms with E-state index in [4.69, 9.17) is 4.74 Å². The number of aromatic nitrogens is 2. The highest BCUT2D eigenvalue weighted by Crippen LogP contribution is 2.36. The lowest BCUT2D eigenvalue weighted by Gasteiger charge is -2.21. The first-order valence-corrected chi connectivity index (χ1v) is 8.29. The molecule has 1 unspecified atom stereocenters. The summed E-state index contributed by atoms with van der Waals surface area (Å²) in [4.78, 5) is 1.25. The first-order chi connectivity index (χ1) is 9.58. The van der Waals surface area contributed by atoms with Gasteiger partial charge in [-0.15, -0.1) is 11.3 Å². The molecule has 0 spiro atoms. The number of halogens is 1. The number of hydrogen-bond acceptors (Lipinski definition) is 4. The van der Waals surface area contributed by atoms with Crippen LogP contribution in [-0.2, 0) is 0 Å². The molecule has 0 radical (unpaired) electrons. The van der Waals surface area contributed by atoms with Crippen molar-refractivity contribution in [2.75, 3.05) is 13.7 Å². The highest BCUT2D eigenvalue weighted by Gasteiger charge is 2.25. The Kier molecular flexibility index (Phi) is 5.23. The summed E-state index contributed by atoms with van der Waals surface area (Å²) in [6.07, 6.45) is 1.79. The lowest BCUT2D eigenvalue weighted by molar-refractivity contribution is 0.395. The van der Waals surface area contributed by atoms with Crippen molar-refractivity contribution in [1.29, 1.82) is 0 Å². The second kappa shape index (κ2) is 6.74. The van der Waals surface area contributed by atoms with Crippen molar-refractivity contribution in [2.24, 2.45) is 0 Å². The van der Waals surface area contributed by atoms with Crippen LogP contribution in [0, 0.1) is 0 Å². The van der Waals surface area contributed by atoms with Gasteiger partial charge in [-0.1, -0.05) is 6.92 Å². The molecule has 0 saturated carbocycles. The number of thiophene rings is 1. The molecular formula is C14H20BrN3OS. The molecule has 0 aliphatic rings. The van der Waals surface area contributed by atoms with E-state index in [1.165, 1.54) is 4.88 Å². The van der Waals surface area contributed by atoms with Crippen LogP contribution in [0.2, 0.25) is 0 Å². The van der Waals surface area contributed by atoms with Gasteiger partial charge in [-0.3, -0.25) is 4.68 Å². The highest BCUT2D eigenvalue weighted by molar-refractivity contribution is 9.11. The normalized spacial score (nSPS) is 12.9. The average Bonchev–Trinajstić information content (AvgIpc) is 3.01. The van der Waals surface area contributed by atoms with Crippen LogP contribution in [0.5, 0.6) is 5.75 Å². The van der Waals surface area contributed by atoms with Crippen LogP contribution < -0.4 is 10.1 Å². The molecule has 2 aromatic heterocycles. The second-order valence-corrected chi connectivity index (χ2v) is 7.26. The summed E-state index contributed by atoms with van der Waals surface area (Å²) in [7, 11) is 1.69. The van der Waals surface area contributed by atoms with Crippen LogP contribution in [0.3, 0.4) is 0 Å². The minimum atomic E-state index is 0.0937. The molecule has 0 saturated heterocycles. The van der Waals surface area contributed by atoms with E-state index < -0.39 is 0 Å². The van der Waals surface area contributed by atoms with Crippen molar-refractivity contribution in [1.82, 2.24) is 15.1 Å². The Bertz CT molecular complexity index is 565. The second-order valence-electron chi connectivity index (χ2n) is 4.77. The van der Waals surface area contributed by atoms with Gasteiger partial charge in [-0.2, -0.15) is 5.10 Å². The predicted octanol–water partition coefficient (Wildman–Crippen LogP) is 4.00. The van der Waals surface area contributed by atoms with Crippen molar-refractivity contribution >= 4 is 27.3 Å². The molecule has 0 aliphatic heterocycles. The van der Waals surface area contributed by atoms with Crippen LogP contribution in [0.15, 0.2) is 22.1 Å². The Labute approximate surface area is 132 Å². The summed E-state index contributed by atoms with van der Waals surface area (Å²) in [6, 6.07) is 4.60. The number of ether oxygens (including phenoxy) is 1. The molecule has 0 aromatic carbocycles. The molecule has 2 aromatic rings. The Hall–Kier alpha value is -0.850. The Balaban J connectivity index is 2.50. The summed E-state index contributed by atoms with van der Waals surface area (Å²) < 4.78 is 8.66. The highest BCUT2D eigenvalue weighted by atomic mass is 79.9. The van der Waals surface area contributed by atoms with Gasteiger partial charge in [-0.05, 0) is 48.5 Å². The third-order valence-electron chi connectivity index (χ3n) is 3.07. The fourth-order valence-electron chi connectivity index (χ4n) is 2.22. The molecule has 0 bridgehead atoms. The summed E-state index contributed by atoms with van der Waals surface area (Å²) in [5.41, 5.74) is 1.08. The van der Waals surface area contributed by atoms with E-state index in [2.05, 4.69) is 59.2 Å². The van der Waals surface area contributed by atoms with Crippen LogP contribution >= 0.6 is 27.3 Å². The zero-order valence-corrected chi connectivity index (χ0v) is 14.6. The summed E-state index contributed by atoms with van der Waals surface area (Å²) in [6.45, 7) is 7.25. The van der Waals surface area contributed by atoms with E-state index in [9.17, 15) is 0 Å². The zero-order chi connectivity index (χ0) is 14.7. The Morgan fingerprint density at radius 1 is 1.45 bits per heavy atom. The SMILES string of the molecule is CCNC(c1ccc(Br)s1)c1c(OC)cnn1C(C)C. The lowest BCUT2D eigenvalue weighted by Crippen LogP contribution is -2.25. The Morgan fingerprint density at radius 2 is 2.20 bits per heavy atom. The van der Waals surface area contributed by atoms with Gasteiger partial charge < -0.3 is 10.1 Å². The predicted molar refractivity (Wildman–Crippen MR) is 86.7 cm³/mol. The summed E-state index contributed by atoms with van der Waals surface area (Å²) in [5.74, 6) is 0.828. The van der Waals surface area contributed by atoms with Crippen LogP contribution in [0.1, 0.15) is 43.4 Å². The van der Waals surface area contributed by atoms with Crippen molar-refractivity contribution in [2.45, 2.75) is 32.9 Å². The molecule has 4 nitrogen and oxygen atoms in total. The molecule has 1 N–H and O–H groups in total. The summed E-state index contributed by atoms with van der Waals surface area (Å²) in [5, 5.41) is 8.00. The van der Waals surface area contributed by atoms with Gasteiger partial charge in [-0.25, -0.2) is 0 Å². The molecule has 2 rings (SSSR count). The molecule has 0 aliphatic carbocycles. The van der Waals surface area contributed by atoms with E-state index in [1.807, 2.05) is 4.68 Å². The largest absolute Gasteiger partial charge is 0.493 e. The van der Waals surface area contributed by atoms with Gasteiger partial charge in [0.05, 0.1) is 23.1 Å². The molecule has 1 atom stereocenters. The zero-order valence-electron chi connectivity index (χ0n) is 12.2. The number of hydrogen-bond donors (Lipinski definition) is 1. The van der Waals surface area contributed by atoms with E-state index in [-0.39, 0.29) is 6.04 Å². The summed E-state index contributed by atoms with van der Waals surface area (Å²) >= 11 is 5.27. The minimum absolute atomic E-state index is 0.0937. The molecule has 6 heteroatoms. The first kappa shape index (κ1) is 15.5.